The Morgan fingerprint density at radius 2 is 1.66 bits per heavy atom. The van der Waals surface area contributed by atoms with Gasteiger partial charge in [0.1, 0.15) is 0 Å². The molecule has 38 heavy (non-hydrogen) atoms. The van der Waals surface area contributed by atoms with E-state index in [-0.39, 0.29) is 18.1 Å². The smallest absolute Gasteiger partial charge is 0.265 e. The normalized spacial score (nSPS) is 20.8. The molecule has 4 rings (SSSR count). The van der Waals surface area contributed by atoms with Crippen molar-refractivity contribution in [3.05, 3.63) is 41.2 Å². The van der Waals surface area contributed by atoms with Gasteiger partial charge in [0.2, 0.25) is 0 Å². The van der Waals surface area contributed by atoms with Crippen LogP contribution in [0.4, 0.5) is 0 Å². The van der Waals surface area contributed by atoms with Crippen LogP contribution in [0.25, 0.3) is 0 Å². The molecule has 0 bridgehead atoms. The highest BCUT2D eigenvalue weighted by Crippen LogP contribution is 2.44. The van der Waals surface area contributed by atoms with Gasteiger partial charge in [0.05, 0.1) is 43.1 Å². The molecule has 12 nitrogen and oxygen atoms in total. The Hall–Kier alpha value is -2.30. The van der Waals surface area contributed by atoms with Crippen molar-refractivity contribution in [1.82, 2.24) is 9.97 Å². The first-order valence-electron chi connectivity index (χ1n) is 11.7. The molecule has 2 aromatic rings. The molecule has 0 saturated heterocycles. The van der Waals surface area contributed by atoms with E-state index < -0.39 is 31.7 Å². The van der Waals surface area contributed by atoms with E-state index in [2.05, 4.69) is 16.0 Å². The average Bonchev–Trinajstić information content (AvgIpc) is 2.87. The maximum absolute atomic E-state index is 10.3. The van der Waals surface area contributed by atoms with Gasteiger partial charge in [0, 0.05) is 29.4 Å². The lowest BCUT2D eigenvalue weighted by atomic mass is 9.74. The van der Waals surface area contributed by atoms with Crippen molar-refractivity contribution in [2.75, 3.05) is 31.5 Å². The Balaban J connectivity index is 0.000000342. The number of benzene rings is 1. The van der Waals surface area contributed by atoms with E-state index in [0.717, 1.165) is 46.1 Å². The number of methoxy groups -OCH3 is 1. The van der Waals surface area contributed by atoms with Gasteiger partial charge < -0.3 is 14.6 Å². The average molecular weight is 590 g/mol. The summed E-state index contributed by atoms with van der Waals surface area (Å²) in [5.74, 6) is -0.362. The summed E-state index contributed by atoms with van der Waals surface area (Å²) < 4.78 is 66.8. The predicted molar refractivity (Wildman–Crippen MR) is 143 cm³/mol. The maximum atomic E-state index is 10.3. The highest BCUT2D eigenvalue weighted by molar-refractivity contribution is 7.98. The molecular formula is C23H31N3O9S3. The van der Waals surface area contributed by atoms with Crippen LogP contribution in [0.1, 0.15) is 48.8 Å². The number of rotatable bonds is 8. The molecule has 1 aliphatic carbocycles. The van der Waals surface area contributed by atoms with Crippen LogP contribution in [-0.4, -0.2) is 90.4 Å². The molecule has 1 saturated carbocycles. The minimum atomic E-state index is -4.30. The van der Waals surface area contributed by atoms with Crippen LogP contribution in [0.15, 0.2) is 34.7 Å². The van der Waals surface area contributed by atoms with Gasteiger partial charge in [-0.2, -0.15) is 16.8 Å². The number of aromatic nitrogens is 2. The number of ether oxygens (including phenoxy) is 2. The fourth-order valence-corrected chi connectivity index (χ4v) is 6.36. The number of aliphatic imine (C=N–C) groups is 1. The van der Waals surface area contributed by atoms with Gasteiger partial charge >= 0.3 is 0 Å². The Morgan fingerprint density at radius 1 is 1.03 bits per heavy atom. The zero-order valence-electron chi connectivity index (χ0n) is 21.1. The molecule has 1 fully saturated rings. The standard InChI is InChI=1S/C21H25N3O3S.C2H6O6S2/c1-4-27-19-8-14-15-7-13(25)5-6-17(15)24-20(16(14)9-18(19)26-2)12-10-22-21(28-3)23-11-12;3-9(4,5)1-2-10(6,7)8/h8-11,13,15,17,25H,4-7H2,1-3H3;1-2H2,(H,3,4,5)(H,6,7,8)/t13-,15-,17-;/m1./s1. The van der Waals surface area contributed by atoms with Crippen LogP contribution in [0, 0.1) is 0 Å². The summed E-state index contributed by atoms with van der Waals surface area (Å²) in [6.07, 6.45) is 7.71. The molecule has 1 aliphatic heterocycles. The Morgan fingerprint density at radius 3 is 2.18 bits per heavy atom. The zero-order valence-corrected chi connectivity index (χ0v) is 23.6. The molecule has 2 aliphatic rings. The van der Waals surface area contributed by atoms with Gasteiger partial charge in [-0.05, 0) is 50.1 Å². The lowest BCUT2D eigenvalue weighted by Gasteiger charge is -2.37. The Labute approximate surface area is 226 Å². The second-order valence-electron chi connectivity index (χ2n) is 8.67. The molecule has 0 amide bonds. The summed E-state index contributed by atoms with van der Waals surface area (Å²) in [6, 6.07) is 4.21. The number of aliphatic hydroxyl groups is 1. The first kappa shape index (κ1) is 30.2. The largest absolute Gasteiger partial charge is 0.493 e. The molecule has 0 radical (unpaired) electrons. The molecule has 1 aromatic carbocycles. The predicted octanol–water partition coefficient (Wildman–Crippen LogP) is 2.22. The van der Waals surface area contributed by atoms with Gasteiger partial charge in [-0.25, -0.2) is 9.97 Å². The minimum absolute atomic E-state index is 0.147. The molecular weight excluding hydrogens is 558 g/mol. The molecule has 3 atom stereocenters. The third-order valence-corrected chi connectivity index (χ3v) is 8.33. The van der Waals surface area contributed by atoms with Crippen LogP contribution in [-0.2, 0) is 20.2 Å². The lowest BCUT2D eigenvalue weighted by Crippen LogP contribution is -2.34. The summed E-state index contributed by atoms with van der Waals surface area (Å²) in [5, 5.41) is 11.0. The monoisotopic (exact) mass is 589 g/mol. The van der Waals surface area contributed by atoms with Gasteiger partial charge in [0.25, 0.3) is 20.2 Å². The highest BCUT2D eigenvalue weighted by Gasteiger charge is 2.37. The molecule has 210 valence electrons. The number of aliphatic hydroxyl groups excluding tert-OH is 1. The molecule has 2 heterocycles. The van der Waals surface area contributed by atoms with Gasteiger partial charge in [-0.3, -0.25) is 14.1 Å². The minimum Gasteiger partial charge on any atom is -0.493 e. The summed E-state index contributed by atoms with van der Waals surface area (Å²) in [7, 11) is -6.95. The quantitative estimate of drug-likeness (QED) is 0.232. The summed E-state index contributed by atoms with van der Waals surface area (Å²) >= 11 is 1.52. The van der Waals surface area contributed by atoms with Gasteiger partial charge in [0.15, 0.2) is 16.7 Å². The summed E-state index contributed by atoms with van der Waals surface area (Å²) in [4.78, 5) is 13.9. The van der Waals surface area contributed by atoms with Gasteiger partial charge in [-0.15, -0.1) is 0 Å². The van der Waals surface area contributed by atoms with Crippen molar-refractivity contribution in [2.45, 2.75) is 49.4 Å². The van der Waals surface area contributed by atoms with Crippen LogP contribution in [0.3, 0.4) is 0 Å². The molecule has 0 spiro atoms. The van der Waals surface area contributed by atoms with Crippen LogP contribution < -0.4 is 9.47 Å². The second kappa shape index (κ2) is 12.7. The van der Waals surface area contributed by atoms with Crippen LogP contribution in [0.5, 0.6) is 11.5 Å². The third-order valence-electron chi connectivity index (χ3n) is 6.05. The molecule has 0 unspecified atom stereocenters. The molecule has 3 N–H and O–H groups in total. The zero-order chi connectivity index (χ0) is 28.1. The lowest BCUT2D eigenvalue weighted by molar-refractivity contribution is 0.111. The maximum Gasteiger partial charge on any atom is 0.265 e. The van der Waals surface area contributed by atoms with E-state index in [1.165, 1.54) is 11.8 Å². The van der Waals surface area contributed by atoms with Crippen LogP contribution in [0.2, 0.25) is 0 Å². The molecule has 15 heteroatoms. The number of thioether (sulfide) groups is 1. The van der Waals surface area contributed by atoms with E-state index in [4.69, 9.17) is 23.6 Å². The number of fused-ring (bicyclic) bond motifs is 3. The first-order chi connectivity index (χ1) is 17.8. The van der Waals surface area contributed by atoms with E-state index in [9.17, 15) is 21.9 Å². The fourth-order valence-electron chi connectivity index (χ4n) is 4.36. The van der Waals surface area contributed by atoms with E-state index >= 15 is 0 Å². The van der Waals surface area contributed by atoms with Crippen molar-refractivity contribution in [1.29, 1.82) is 0 Å². The first-order valence-corrected chi connectivity index (χ1v) is 16.2. The van der Waals surface area contributed by atoms with Gasteiger partial charge in [-0.1, -0.05) is 11.8 Å². The van der Waals surface area contributed by atoms with Crippen molar-refractivity contribution < 1.29 is 40.5 Å². The number of hydrogen-bond acceptors (Lipinski definition) is 11. The van der Waals surface area contributed by atoms with E-state index in [1.807, 2.05) is 31.6 Å². The highest BCUT2D eigenvalue weighted by atomic mass is 32.2. The number of hydrogen-bond donors (Lipinski definition) is 3. The second-order valence-corrected chi connectivity index (χ2v) is 12.6. The SMILES string of the molecule is CCOc1cc2c(cc1OC)C(c1cnc(SC)nc1)=N[C@@H]1CC[C@@H](O)C[C@H]21.O=S(=O)(O)CCS(=O)(=O)O. The van der Waals surface area contributed by atoms with Crippen molar-refractivity contribution in [2.24, 2.45) is 4.99 Å². The Bertz CT molecular complexity index is 1330. The third kappa shape index (κ3) is 8.10. The van der Waals surface area contributed by atoms with Crippen LogP contribution >= 0.6 is 11.8 Å². The fraction of sp³-hybridized carbons (Fsp3) is 0.522. The van der Waals surface area contributed by atoms with E-state index in [1.54, 1.807) is 7.11 Å². The number of nitrogens with zero attached hydrogens (tertiary/aromatic N) is 3. The van der Waals surface area contributed by atoms with Crippen molar-refractivity contribution >= 4 is 37.7 Å². The molecule has 1 aromatic heterocycles. The summed E-state index contributed by atoms with van der Waals surface area (Å²) in [6.45, 7) is 2.53. The van der Waals surface area contributed by atoms with Crippen molar-refractivity contribution in [3.63, 3.8) is 0 Å². The van der Waals surface area contributed by atoms with Crippen molar-refractivity contribution in [3.8, 4) is 11.5 Å². The topological polar surface area (TPSA) is 186 Å². The van der Waals surface area contributed by atoms with E-state index in [0.29, 0.717) is 18.8 Å². The summed E-state index contributed by atoms with van der Waals surface area (Å²) in [5.41, 5.74) is 3.96. The Kier molecular flexibility index (Phi) is 10.1.